The molecule has 3 heterocycles. The zero-order chi connectivity index (χ0) is 18.6. The Morgan fingerprint density at radius 3 is 2.44 bits per heavy atom. The summed E-state index contributed by atoms with van der Waals surface area (Å²) in [6.07, 6.45) is 9.58. The SMILES string of the molecule is Cn1cc(CN(CCO)Cc2cnc3c(-c4ccccc4)cnn3c2)cn1. The fourth-order valence-corrected chi connectivity index (χ4v) is 3.24. The van der Waals surface area contributed by atoms with Gasteiger partial charge in [0.25, 0.3) is 0 Å². The third-order valence-electron chi connectivity index (χ3n) is 4.48. The molecule has 1 N–H and O–H groups in total. The predicted molar refractivity (Wildman–Crippen MR) is 103 cm³/mol. The standard InChI is InChI=1S/C20H22N6O/c1-24-12-17(10-22-24)14-25(7-8-27)13-16-9-21-20-19(11-23-26(20)15-16)18-5-3-2-4-6-18/h2-6,9-12,15,27H,7-8,13-14H2,1H3. The fraction of sp³-hybridized carbons (Fsp3) is 0.250. The first-order valence-electron chi connectivity index (χ1n) is 8.91. The van der Waals surface area contributed by atoms with Gasteiger partial charge in [0.05, 0.1) is 19.0 Å². The van der Waals surface area contributed by atoms with Crippen LogP contribution in [-0.2, 0) is 20.1 Å². The summed E-state index contributed by atoms with van der Waals surface area (Å²) in [5, 5.41) is 18.1. The van der Waals surface area contributed by atoms with Crippen LogP contribution in [0.4, 0.5) is 0 Å². The van der Waals surface area contributed by atoms with E-state index in [1.807, 2.05) is 60.7 Å². The summed E-state index contributed by atoms with van der Waals surface area (Å²) in [5.74, 6) is 0. The van der Waals surface area contributed by atoms with Gasteiger partial charge in [0.1, 0.15) is 0 Å². The predicted octanol–water partition coefficient (Wildman–Crippen LogP) is 2.12. The summed E-state index contributed by atoms with van der Waals surface area (Å²) >= 11 is 0. The van der Waals surface area contributed by atoms with E-state index < -0.39 is 0 Å². The molecule has 0 aliphatic rings. The highest BCUT2D eigenvalue weighted by molar-refractivity contribution is 5.76. The van der Waals surface area contributed by atoms with Crippen molar-refractivity contribution < 1.29 is 5.11 Å². The van der Waals surface area contributed by atoms with E-state index in [1.165, 1.54) is 0 Å². The molecule has 138 valence electrons. The monoisotopic (exact) mass is 362 g/mol. The molecule has 1 aromatic carbocycles. The zero-order valence-electron chi connectivity index (χ0n) is 15.2. The zero-order valence-corrected chi connectivity index (χ0v) is 15.2. The number of hydrogen-bond acceptors (Lipinski definition) is 5. The number of aliphatic hydroxyl groups is 1. The Hall–Kier alpha value is -3.03. The van der Waals surface area contributed by atoms with Crippen molar-refractivity contribution in [1.82, 2.24) is 29.3 Å². The Labute approximate surface area is 157 Å². The van der Waals surface area contributed by atoms with Crippen molar-refractivity contribution in [3.05, 3.63) is 72.4 Å². The van der Waals surface area contributed by atoms with Gasteiger partial charge in [0, 0.05) is 62.0 Å². The third kappa shape index (κ3) is 3.89. The maximum absolute atomic E-state index is 9.40. The Bertz CT molecular complexity index is 1020. The van der Waals surface area contributed by atoms with Crippen LogP contribution < -0.4 is 0 Å². The van der Waals surface area contributed by atoms with Gasteiger partial charge in [-0.1, -0.05) is 30.3 Å². The van der Waals surface area contributed by atoms with E-state index in [2.05, 4.69) is 32.2 Å². The maximum atomic E-state index is 9.40. The molecule has 4 rings (SSSR count). The lowest BCUT2D eigenvalue weighted by atomic mass is 10.1. The molecule has 3 aromatic heterocycles. The molecule has 0 radical (unpaired) electrons. The van der Waals surface area contributed by atoms with Gasteiger partial charge in [0.15, 0.2) is 5.65 Å². The number of nitrogens with zero attached hydrogens (tertiary/aromatic N) is 6. The minimum atomic E-state index is 0.107. The van der Waals surface area contributed by atoms with Crippen LogP contribution in [0.2, 0.25) is 0 Å². The van der Waals surface area contributed by atoms with Crippen molar-refractivity contribution in [2.75, 3.05) is 13.2 Å². The topological polar surface area (TPSA) is 71.5 Å². The summed E-state index contributed by atoms with van der Waals surface area (Å²) in [7, 11) is 1.90. The van der Waals surface area contributed by atoms with Crippen LogP contribution in [0.3, 0.4) is 0 Å². The van der Waals surface area contributed by atoms with E-state index in [9.17, 15) is 5.11 Å². The minimum absolute atomic E-state index is 0.107. The van der Waals surface area contributed by atoms with E-state index in [0.717, 1.165) is 34.4 Å². The van der Waals surface area contributed by atoms with E-state index >= 15 is 0 Å². The first kappa shape index (κ1) is 17.4. The highest BCUT2D eigenvalue weighted by atomic mass is 16.3. The first-order chi connectivity index (χ1) is 13.2. The van der Waals surface area contributed by atoms with Crippen molar-refractivity contribution in [3.63, 3.8) is 0 Å². The Kier molecular flexibility index (Phi) is 4.95. The molecule has 0 unspecified atom stereocenters. The van der Waals surface area contributed by atoms with Gasteiger partial charge in [-0.3, -0.25) is 9.58 Å². The van der Waals surface area contributed by atoms with Gasteiger partial charge < -0.3 is 5.11 Å². The molecule has 0 spiro atoms. The number of aliphatic hydroxyl groups excluding tert-OH is 1. The smallest absolute Gasteiger partial charge is 0.162 e. The van der Waals surface area contributed by atoms with Gasteiger partial charge >= 0.3 is 0 Å². The van der Waals surface area contributed by atoms with Crippen molar-refractivity contribution in [3.8, 4) is 11.1 Å². The van der Waals surface area contributed by atoms with E-state index in [4.69, 9.17) is 0 Å². The van der Waals surface area contributed by atoms with E-state index in [-0.39, 0.29) is 6.61 Å². The Morgan fingerprint density at radius 2 is 1.74 bits per heavy atom. The first-order valence-corrected chi connectivity index (χ1v) is 8.91. The van der Waals surface area contributed by atoms with E-state index in [1.54, 1.807) is 4.68 Å². The van der Waals surface area contributed by atoms with Crippen LogP contribution in [0.15, 0.2) is 61.3 Å². The second-order valence-electron chi connectivity index (χ2n) is 6.61. The highest BCUT2D eigenvalue weighted by Gasteiger charge is 2.11. The summed E-state index contributed by atoms with van der Waals surface area (Å²) in [6.45, 7) is 2.09. The Morgan fingerprint density at radius 1 is 0.963 bits per heavy atom. The molecule has 0 saturated carbocycles. The quantitative estimate of drug-likeness (QED) is 0.545. The largest absolute Gasteiger partial charge is 0.395 e. The molecule has 27 heavy (non-hydrogen) atoms. The molecular weight excluding hydrogens is 340 g/mol. The molecular formula is C20H22N6O. The molecule has 0 aliphatic carbocycles. The lowest BCUT2D eigenvalue weighted by molar-refractivity contribution is 0.184. The molecule has 0 bridgehead atoms. The van der Waals surface area contributed by atoms with Crippen LogP contribution in [0.5, 0.6) is 0 Å². The molecule has 4 aromatic rings. The number of benzene rings is 1. The minimum Gasteiger partial charge on any atom is -0.395 e. The number of fused-ring (bicyclic) bond motifs is 1. The fourth-order valence-electron chi connectivity index (χ4n) is 3.24. The number of aromatic nitrogens is 5. The van der Waals surface area contributed by atoms with Crippen LogP contribution >= 0.6 is 0 Å². The number of hydrogen-bond donors (Lipinski definition) is 1. The summed E-state index contributed by atoms with van der Waals surface area (Å²) in [5.41, 5.74) is 5.12. The summed E-state index contributed by atoms with van der Waals surface area (Å²) in [6, 6.07) is 10.1. The van der Waals surface area contributed by atoms with Gasteiger partial charge in [-0.25, -0.2) is 9.50 Å². The molecule has 0 atom stereocenters. The second kappa shape index (κ2) is 7.69. The van der Waals surface area contributed by atoms with Crippen molar-refractivity contribution in [2.45, 2.75) is 13.1 Å². The normalized spacial score (nSPS) is 11.5. The van der Waals surface area contributed by atoms with Gasteiger partial charge in [0.2, 0.25) is 0 Å². The average Bonchev–Trinajstić information content (AvgIpc) is 3.28. The van der Waals surface area contributed by atoms with Crippen LogP contribution in [-0.4, -0.2) is 47.5 Å². The van der Waals surface area contributed by atoms with E-state index in [0.29, 0.717) is 13.1 Å². The lowest BCUT2D eigenvalue weighted by Crippen LogP contribution is -2.26. The highest BCUT2D eigenvalue weighted by Crippen LogP contribution is 2.23. The lowest BCUT2D eigenvalue weighted by Gasteiger charge is -2.20. The number of rotatable bonds is 7. The van der Waals surface area contributed by atoms with Crippen LogP contribution in [0.25, 0.3) is 16.8 Å². The third-order valence-corrected chi connectivity index (χ3v) is 4.48. The molecule has 0 aliphatic heterocycles. The Balaban J connectivity index is 1.56. The van der Waals surface area contributed by atoms with Crippen LogP contribution in [0, 0.1) is 0 Å². The molecule has 7 heteroatoms. The van der Waals surface area contributed by atoms with Gasteiger partial charge in [-0.05, 0) is 5.56 Å². The van der Waals surface area contributed by atoms with Crippen molar-refractivity contribution in [2.24, 2.45) is 7.05 Å². The molecule has 7 nitrogen and oxygen atoms in total. The van der Waals surface area contributed by atoms with Gasteiger partial charge in [-0.2, -0.15) is 10.2 Å². The second-order valence-corrected chi connectivity index (χ2v) is 6.61. The summed E-state index contributed by atoms with van der Waals surface area (Å²) < 4.78 is 3.60. The molecule has 0 fully saturated rings. The maximum Gasteiger partial charge on any atom is 0.162 e. The molecule has 0 saturated heterocycles. The van der Waals surface area contributed by atoms with Gasteiger partial charge in [-0.15, -0.1) is 0 Å². The van der Waals surface area contributed by atoms with Crippen molar-refractivity contribution >= 4 is 5.65 Å². The number of aryl methyl sites for hydroxylation is 1. The average molecular weight is 362 g/mol. The van der Waals surface area contributed by atoms with Crippen LogP contribution in [0.1, 0.15) is 11.1 Å². The molecule has 0 amide bonds. The van der Waals surface area contributed by atoms with Crippen molar-refractivity contribution in [1.29, 1.82) is 0 Å². The summed E-state index contributed by atoms with van der Waals surface area (Å²) in [4.78, 5) is 6.80.